The van der Waals surface area contributed by atoms with E-state index in [-0.39, 0.29) is 4.75 Å². The first-order valence-electron chi connectivity index (χ1n) is 6.29. The lowest BCUT2D eigenvalue weighted by molar-refractivity contribution is 0.0807. The summed E-state index contributed by atoms with van der Waals surface area (Å²) < 4.78 is 19.8. The maximum absolute atomic E-state index is 12.6. The van der Waals surface area contributed by atoms with E-state index in [0.29, 0.717) is 31.3 Å². The van der Waals surface area contributed by atoms with E-state index in [1.807, 2.05) is 27.7 Å². The van der Waals surface area contributed by atoms with Crippen LogP contribution in [0.4, 0.5) is 0 Å². The molecule has 0 amide bonds. The molecule has 0 fully saturated rings. The first-order chi connectivity index (χ1) is 8.99. The van der Waals surface area contributed by atoms with Gasteiger partial charge >= 0.3 is 7.67 Å². The standard InChI is InChI=1S/C11H25Cl2N2O2PS2/c1-10(2,9-11(3,4)20-19)17-18(14,16)15(7-5-12)8-6-13/h19H,5-9H2,1-4H3,(H2,14,16). The lowest BCUT2D eigenvalue weighted by atomic mass is 9.96. The summed E-state index contributed by atoms with van der Waals surface area (Å²) in [5, 5.41) is 0. The minimum absolute atomic E-state index is 0.115. The Balaban J connectivity index is 4.90. The summed E-state index contributed by atoms with van der Waals surface area (Å²) >= 11 is 15.7. The Morgan fingerprint density at radius 1 is 1.25 bits per heavy atom. The van der Waals surface area contributed by atoms with Crippen molar-refractivity contribution in [3.63, 3.8) is 0 Å². The van der Waals surface area contributed by atoms with Crippen molar-refractivity contribution in [2.45, 2.75) is 44.5 Å². The van der Waals surface area contributed by atoms with Gasteiger partial charge in [0.2, 0.25) is 0 Å². The molecule has 122 valence electrons. The molecule has 0 rings (SSSR count). The maximum atomic E-state index is 12.6. The van der Waals surface area contributed by atoms with Crippen LogP contribution >= 0.6 is 53.3 Å². The van der Waals surface area contributed by atoms with Crippen LogP contribution in [0.5, 0.6) is 0 Å². The zero-order chi connectivity index (χ0) is 16.0. The predicted octanol–water partition coefficient (Wildman–Crippen LogP) is 4.37. The molecule has 0 aromatic carbocycles. The molecule has 0 bridgehead atoms. The second kappa shape index (κ2) is 8.88. The van der Waals surface area contributed by atoms with Crippen molar-refractivity contribution in [3.8, 4) is 0 Å². The normalized spacial score (nSPS) is 16.4. The van der Waals surface area contributed by atoms with E-state index >= 15 is 0 Å². The molecule has 1 atom stereocenters. The Kier molecular flexibility index (Phi) is 9.49. The molecule has 0 spiro atoms. The molecule has 0 aromatic heterocycles. The molecule has 0 aromatic rings. The van der Waals surface area contributed by atoms with Crippen molar-refractivity contribution in [2.75, 3.05) is 24.8 Å². The summed E-state index contributed by atoms with van der Waals surface area (Å²) in [6, 6.07) is 0. The van der Waals surface area contributed by atoms with Gasteiger partial charge in [-0.1, -0.05) is 10.8 Å². The van der Waals surface area contributed by atoms with Crippen molar-refractivity contribution in [1.82, 2.24) is 4.67 Å². The van der Waals surface area contributed by atoms with Crippen LogP contribution in [0.25, 0.3) is 0 Å². The van der Waals surface area contributed by atoms with Crippen LogP contribution in [0.1, 0.15) is 34.1 Å². The number of halogens is 2. The molecule has 0 radical (unpaired) electrons. The van der Waals surface area contributed by atoms with Gasteiger partial charge in [-0.05, 0) is 34.1 Å². The molecule has 4 nitrogen and oxygen atoms in total. The van der Waals surface area contributed by atoms with Crippen molar-refractivity contribution in [1.29, 1.82) is 0 Å². The van der Waals surface area contributed by atoms with Crippen molar-refractivity contribution >= 4 is 53.3 Å². The van der Waals surface area contributed by atoms with Gasteiger partial charge < -0.3 is 4.52 Å². The fourth-order valence-electron chi connectivity index (χ4n) is 2.09. The molecule has 0 heterocycles. The molecule has 1 unspecified atom stereocenters. The van der Waals surface area contributed by atoms with Gasteiger partial charge in [0.25, 0.3) is 0 Å². The molecule has 0 saturated heterocycles. The number of hydrogen-bond acceptors (Lipinski definition) is 4. The number of nitrogens with two attached hydrogens (primary N) is 1. The Morgan fingerprint density at radius 2 is 1.70 bits per heavy atom. The summed E-state index contributed by atoms with van der Waals surface area (Å²) in [5.74, 6) is 0.639. The third-order valence-electron chi connectivity index (χ3n) is 2.56. The quantitative estimate of drug-likeness (QED) is 0.254. The van der Waals surface area contributed by atoms with Crippen LogP contribution in [0, 0.1) is 0 Å². The highest BCUT2D eigenvalue weighted by Crippen LogP contribution is 2.49. The fraction of sp³-hybridized carbons (Fsp3) is 1.00. The number of hydrogen-bond donors (Lipinski definition) is 2. The van der Waals surface area contributed by atoms with Gasteiger partial charge in [0, 0.05) is 29.6 Å². The van der Waals surface area contributed by atoms with E-state index in [0.717, 1.165) is 0 Å². The average Bonchev–Trinajstić information content (AvgIpc) is 2.25. The first kappa shape index (κ1) is 21.4. The SMILES string of the molecule is CC(C)(CC(C)(C)SS)OP(N)(=O)N(CCCl)CCCl. The highest BCUT2D eigenvalue weighted by Gasteiger charge is 2.37. The molecule has 2 N–H and O–H groups in total. The Hall–Kier alpha value is 1.39. The van der Waals surface area contributed by atoms with E-state index in [9.17, 15) is 4.57 Å². The molecule has 0 saturated carbocycles. The number of thiol groups is 1. The zero-order valence-corrected chi connectivity index (χ0v) is 16.6. The third-order valence-corrected chi connectivity index (χ3v) is 6.96. The molecular formula is C11H25Cl2N2O2PS2. The van der Waals surface area contributed by atoms with Gasteiger partial charge in [0.05, 0.1) is 5.60 Å². The average molecular weight is 383 g/mol. The van der Waals surface area contributed by atoms with Crippen molar-refractivity contribution < 1.29 is 9.09 Å². The van der Waals surface area contributed by atoms with E-state index in [4.69, 9.17) is 33.2 Å². The lowest BCUT2D eigenvalue weighted by Gasteiger charge is -2.37. The topological polar surface area (TPSA) is 55.6 Å². The maximum Gasteiger partial charge on any atom is 0.341 e. The summed E-state index contributed by atoms with van der Waals surface area (Å²) in [5.41, 5.74) is 5.26. The van der Waals surface area contributed by atoms with E-state index < -0.39 is 13.3 Å². The third kappa shape index (κ3) is 8.14. The Morgan fingerprint density at radius 3 is 2.05 bits per heavy atom. The van der Waals surface area contributed by atoms with Crippen molar-refractivity contribution in [2.24, 2.45) is 5.50 Å². The van der Waals surface area contributed by atoms with Gasteiger partial charge in [-0.15, -0.1) is 34.9 Å². The van der Waals surface area contributed by atoms with Crippen LogP contribution in [-0.4, -0.2) is 39.9 Å². The van der Waals surface area contributed by atoms with Gasteiger partial charge in [0.15, 0.2) is 0 Å². The van der Waals surface area contributed by atoms with Gasteiger partial charge in [0.1, 0.15) is 0 Å². The van der Waals surface area contributed by atoms with Gasteiger partial charge in [-0.2, -0.15) is 0 Å². The van der Waals surface area contributed by atoms with Gasteiger partial charge in [-0.3, -0.25) is 4.57 Å². The number of alkyl halides is 2. The fourth-order valence-corrected chi connectivity index (χ4v) is 4.98. The van der Waals surface area contributed by atoms with E-state index in [1.165, 1.54) is 15.5 Å². The monoisotopic (exact) mass is 382 g/mol. The summed E-state index contributed by atoms with van der Waals surface area (Å²) in [6.45, 7) is 8.60. The number of nitrogens with zero attached hydrogens (tertiary/aromatic N) is 1. The van der Waals surface area contributed by atoms with Crippen LogP contribution in [-0.2, 0) is 9.09 Å². The predicted molar refractivity (Wildman–Crippen MR) is 95.2 cm³/mol. The van der Waals surface area contributed by atoms with Crippen LogP contribution in [0.3, 0.4) is 0 Å². The second-order valence-electron chi connectivity index (χ2n) is 5.77. The number of rotatable bonds is 10. The Bertz CT molecular complexity index is 340. The van der Waals surface area contributed by atoms with E-state index in [2.05, 4.69) is 11.7 Å². The smallest absolute Gasteiger partial charge is 0.300 e. The molecule has 0 aliphatic carbocycles. The molecule has 0 aliphatic heterocycles. The largest absolute Gasteiger partial charge is 0.341 e. The van der Waals surface area contributed by atoms with Gasteiger partial charge in [-0.25, -0.2) is 10.2 Å². The molecular weight excluding hydrogens is 358 g/mol. The summed E-state index contributed by atoms with van der Waals surface area (Å²) in [4.78, 5) is 0. The zero-order valence-electron chi connectivity index (χ0n) is 12.4. The second-order valence-corrected chi connectivity index (χ2v) is 10.2. The van der Waals surface area contributed by atoms with Crippen LogP contribution in [0.15, 0.2) is 0 Å². The molecule has 20 heavy (non-hydrogen) atoms. The molecule has 9 heteroatoms. The first-order valence-corrected chi connectivity index (χ1v) is 10.9. The minimum Gasteiger partial charge on any atom is -0.300 e. The van der Waals surface area contributed by atoms with Crippen molar-refractivity contribution in [3.05, 3.63) is 0 Å². The van der Waals surface area contributed by atoms with Crippen LogP contribution in [0.2, 0.25) is 0 Å². The summed E-state index contributed by atoms with van der Waals surface area (Å²) in [7, 11) is -1.99. The minimum atomic E-state index is -3.42. The highest BCUT2D eigenvalue weighted by atomic mass is 35.5. The highest BCUT2D eigenvalue weighted by molar-refractivity contribution is 8.69. The lowest BCUT2D eigenvalue weighted by Crippen LogP contribution is -2.38. The van der Waals surface area contributed by atoms with Crippen LogP contribution < -0.4 is 5.50 Å². The summed E-state index contributed by atoms with van der Waals surface area (Å²) in [6.07, 6.45) is 0.658. The Labute approximate surface area is 141 Å². The van der Waals surface area contributed by atoms with E-state index in [1.54, 1.807) is 0 Å². The molecule has 0 aliphatic rings.